The minimum Gasteiger partial charge on any atom is -0.307 e. The molecule has 3 aromatic heterocycles. The molecule has 1 aliphatic carbocycles. The summed E-state index contributed by atoms with van der Waals surface area (Å²) in [5.41, 5.74) is 10.8. The number of benzene rings is 6. The molecule has 240 valence electrons. The van der Waals surface area contributed by atoms with Crippen LogP contribution in [0.2, 0.25) is 0 Å². The Morgan fingerprint density at radius 1 is 0.412 bits per heavy atom. The number of hydrogen-bond donors (Lipinski definition) is 0. The minimum absolute atomic E-state index is 0.578. The highest BCUT2D eigenvalue weighted by Crippen LogP contribution is 2.42. The van der Waals surface area contributed by atoms with Crippen molar-refractivity contribution in [2.45, 2.75) is 6.42 Å². The van der Waals surface area contributed by atoms with Gasteiger partial charge >= 0.3 is 0 Å². The molecule has 0 N–H and O–H groups in total. The van der Waals surface area contributed by atoms with Crippen molar-refractivity contribution in [3.63, 3.8) is 0 Å². The molecule has 0 spiro atoms. The lowest BCUT2D eigenvalue weighted by molar-refractivity contribution is 0.926. The van der Waals surface area contributed by atoms with Crippen molar-refractivity contribution < 1.29 is 0 Å². The van der Waals surface area contributed by atoms with Crippen molar-refractivity contribution in [1.29, 1.82) is 0 Å². The molecule has 3 heterocycles. The van der Waals surface area contributed by atoms with Gasteiger partial charge in [-0.05, 0) is 41.8 Å². The normalized spacial score (nSPS) is 12.5. The van der Waals surface area contributed by atoms with Gasteiger partial charge in [0.2, 0.25) is 5.95 Å². The average Bonchev–Trinajstić information content (AvgIpc) is 3.59. The van der Waals surface area contributed by atoms with E-state index in [0.29, 0.717) is 17.6 Å². The molecular formula is C46H31N5. The van der Waals surface area contributed by atoms with E-state index < -0.39 is 0 Å². The van der Waals surface area contributed by atoms with Crippen molar-refractivity contribution in [3.05, 3.63) is 175 Å². The molecule has 1 aliphatic rings. The Morgan fingerprint density at radius 3 is 1.71 bits per heavy atom. The fourth-order valence-corrected chi connectivity index (χ4v) is 7.45. The highest BCUT2D eigenvalue weighted by molar-refractivity contribution is 6.19. The SMILES string of the molecule is C1=Cc2c(n(-c3nc(-c4ccccc4)nc(-c4ccc(-c5ccccc5)cc4)n3)c3c2ccc2c4ccccc4n(-c4ccccc4)c23)C=CC1. The number of hydrogen-bond acceptors (Lipinski definition) is 3. The summed E-state index contributed by atoms with van der Waals surface area (Å²) in [6.45, 7) is 0. The first-order chi connectivity index (χ1) is 25.3. The Balaban J connectivity index is 1.30. The van der Waals surface area contributed by atoms with E-state index >= 15 is 0 Å². The summed E-state index contributed by atoms with van der Waals surface area (Å²) < 4.78 is 4.65. The summed E-state index contributed by atoms with van der Waals surface area (Å²) in [5, 5.41) is 3.53. The van der Waals surface area contributed by atoms with E-state index in [1.165, 1.54) is 16.3 Å². The van der Waals surface area contributed by atoms with E-state index in [2.05, 4.69) is 161 Å². The predicted octanol–water partition coefficient (Wildman–Crippen LogP) is 11.3. The number of aromatic nitrogens is 5. The molecule has 0 radical (unpaired) electrons. The molecule has 9 aromatic rings. The van der Waals surface area contributed by atoms with Crippen molar-refractivity contribution in [2.75, 3.05) is 0 Å². The Kier molecular flexibility index (Phi) is 6.81. The molecular weight excluding hydrogens is 623 g/mol. The van der Waals surface area contributed by atoms with Gasteiger partial charge in [0.15, 0.2) is 11.6 Å². The first-order valence-corrected chi connectivity index (χ1v) is 17.3. The van der Waals surface area contributed by atoms with Crippen molar-refractivity contribution in [2.24, 2.45) is 0 Å². The highest BCUT2D eigenvalue weighted by atomic mass is 15.2. The average molecular weight is 654 g/mol. The van der Waals surface area contributed by atoms with Crippen LogP contribution in [0.15, 0.2) is 164 Å². The Morgan fingerprint density at radius 2 is 0.961 bits per heavy atom. The first kappa shape index (κ1) is 29.1. The Labute approximate surface area is 295 Å². The Bertz CT molecular complexity index is 2790. The third-order valence-electron chi connectivity index (χ3n) is 9.79. The number of rotatable bonds is 5. The fourth-order valence-electron chi connectivity index (χ4n) is 7.45. The van der Waals surface area contributed by atoms with Crippen LogP contribution in [0.1, 0.15) is 17.7 Å². The first-order valence-electron chi connectivity index (χ1n) is 17.3. The Hall–Kier alpha value is -6.85. The largest absolute Gasteiger partial charge is 0.307 e. The maximum atomic E-state index is 5.30. The topological polar surface area (TPSA) is 48.5 Å². The van der Waals surface area contributed by atoms with Crippen molar-refractivity contribution >= 4 is 44.9 Å². The summed E-state index contributed by atoms with van der Waals surface area (Å²) in [4.78, 5) is 15.6. The third kappa shape index (κ3) is 4.82. The van der Waals surface area contributed by atoms with E-state index in [1.54, 1.807) is 0 Å². The van der Waals surface area contributed by atoms with Crippen LogP contribution in [-0.2, 0) is 0 Å². The lowest BCUT2D eigenvalue weighted by Gasteiger charge is -2.14. The van der Waals surface area contributed by atoms with Crippen LogP contribution < -0.4 is 0 Å². The smallest absolute Gasteiger partial charge is 0.238 e. The van der Waals surface area contributed by atoms with Gasteiger partial charge in [0.25, 0.3) is 0 Å². The second-order valence-corrected chi connectivity index (χ2v) is 12.8. The van der Waals surface area contributed by atoms with Crippen LogP contribution in [-0.4, -0.2) is 24.1 Å². The van der Waals surface area contributed by atoms with Gasteiger partial charge in [0, 0.05) is 38.5 Å². The van der Waals surface area contributed by atoms with E-state index in [0.717, 1.165) is 62.0 Å². The second kappa shape index (κ2) is 11.9. The zero-order chi connectivity index (χ0) is 33.7. The molecule has 0 amide bonds. The third-order valence-corrected chi connectivity index (χ3v) is 9.79. The van der Waals surface area contributed by atoms with Crippen LogP contribution in [0.4, 0.5) is 0 Å². The molecule has 0 bridgehead atoms. The molecule has 0 saturated heterocycles. The molecule has 5 nitrogen and oxygen atoms in total. The number of allylic oxidation sites excluding steroid dienone is 2. The van der Waals surface area contributed by atoms with Gasteiger partial charge < -0.3 is 4.57 Å². The molecule has 0 aliphatic heterocycles. The summed E-state index contributed by atoms with van der Waals surface area (Å²) in [5.74, 6) is 1.83. The van der Waals surface area contributed by atoms with Gasteiger partial charge in [0.1, 0.15) is 0 Å². The minimum atomic E-state index is 0.578. The molecule has 0 fully saturated rings. The molecule has 51 heavy (non-hydrogen) atoms. The van der Waals surface area contributed by atoms with Crippen LogP contribution in [0, 0.1) is 0 Å². The lowest BCUT2D eigenvalue weighted by Crippen LogP contribution is -2.08. The van der Waals surface area contributed by atoms with Crippen LogP contribution in [0.25, 0.3) is 90.4 Å². The standard InChI is InChI=1S/C46H31N5/c1-5-15-31(16-6-1)32-25-27-34(28-26-32)45-47-44(33-17-7-2-8-18-33)48-46(49-45)51-41-23-12-4-11-21-37(41)39-30-29-38-36-22-13-14-24-40(36)50(42(38)43(39)51)35-19-9-3-10-20-35/h1-3,5-30H,4H2. The highest BCUT2D eigenvalue weighted by Gasteiger charge is 2.25. The summed E-state index contributed by atoms with van der Waals surface area (Å²) in [7, 11) is 0. The van der Waals surface area contributed by atoms with Gasteiger partial charge in [-0.25, -0.2) is 4.98 Å². The monoisotopic (exact) mass is 653 g/mol. The quantitative estimate of drug-likeness (QED) is 0.186. The van der Waals surface area contributed by atoms with Gasteiger partial charge in [-0.15, -0.1) is 0 Å². The van der Waals surface area contributed by atoms with Gasteiger partial charge in [-0.3, -0.25) is 4.57 Å². The maximum absolute atomic E-state index is 5.30. The van der Waals surface area contributed by atoms with E-state index in [1.807, 2.05) is 24.3 Å². The summed E-state index contributed by atoms with van der Waals surface area (Å²) in [6, 6.07) is 52.9. The predicted molar refractivity (Wildman–Crippen MR) is 210 cm³/mol. The van der Waals surface area contributed by atoms with Crippen LogP contribution in [0.3, 0.4) is 0 Å². The van der Waals surface area contributed by atoms with Crippen LogP contribution >= 0.6 is 0 Å². The molecule has 10 rings (SSSR count). The van der Waals surface area contributed by atoms with E-state index in [4.69, 9.17) is 15.0 Å². The molecule has 0 saturated carbocycles. The zero-order valence-corrected chi connectivity index (χ0v) is 27.7. The number of nitrogens with zero attached hydrogens (tertiary/aromatic N) is 5. The van der Waals surface area contributed by atoms with Gasteiger partial charge in [-0.2, -0.15) is 9.97 Å². The number of para-hydroxylation sites is 2. The molecule has 6 aromatic carbocycles. The van der Waals surface area contributed by atoms with Crippen LogP contribution in [0.5, 0.6) is 0 Å². The fraction of sp³-hybridized carbons (Fsp3) is 0.0217. The zero-order valence-electron chi connectivity index (χ0n) is 27.7. The maximum Gasteiger partial charge on any atom is 0.238 e. The second-order valence-electron chi connectivity index (χ2n) is 12.8. The lowest BCUT2D eigenvalue weighted by atomic mass is 10.0. The molecule has 0 atom stereocenters. The van der Waals surface area contributed by atoms with E-state index in [9.17, 15) is 0 Å². The molecule has 0 unspecified atom stereocenters. The summed E-state index contributed by atoms with van der Waals surface area (Å²) >= 11 is 0. The summed E-state index contributed by atoms with van der Waals surface area (Å²) in [6.07, 6.45) is 9.76. The molecule has 5 heteroatoms. The number of fused-ring (bicyclic) bond motifs is 7. The van der Waals surface area contributed by atoms with Gasteiger partial charge in [0.05, 0.1) is 22.2 Å². The van der Waals surface area contributed by atoms with Gasteiger partial charge in [-0.1, -0.05) is 152 Å². The van der Waals surface area contributed by atoms with E-state index in [-0.39, 0.29) is 0 Å². The van der Waals surface area contributed by atoms with Crippen molar-refractivity contribution in [3.8, 4) is 45.5 Å². The van der Waals surface area contributed by atoms with Crippen molar-refractivity contribution in [1.82, 2.24) is 24.1 Å².